The van der Waals surface area contributed by atoms with E-state index in [1.54, 1.807) is 36.4 Å². The highest BCUT2D eigenvalue weighted by Gasteiger charge is 2.14. The zero-order chi connectivity index (χ0) is 22.4. The molecule has 1 aromatic heterocycles. The van der Waals surface area contributed by atoms with Crippen LogP contribution in [0.2, 0.25) is 5.02 Å². The van der Waals surface area contributed by atoms with Gasteiger partial charge in [-0.05, 0) is 67.9 Å². The minimum Gasteiger partial charge on any atom is -0.439 e. The Morgan fingerprint density at radius 3 is 2.32 bits per heavy atom. The molecule has 1 amide bonds. The Kier molecular flexibility index (Phi) is 7.14. The van der Waals surface area contributed by atoms with Gasteiger partial charge in [-0.2, -0.15) is 0 Å². The third-order valence-electron chi connectivity index (χ3n) is 4.44. The molecule has 0 aliphatic rings. The van der Waals surface area contributed by atoms with E-state index in [1.165, 1.54) is 30.5 Å². The van der Waals surface area contributed by atoms with Gasteiger partial charge in [0.05, 0.1) is 10.5 Å². The van der Waals surface area contributed by atoms with Crippen LogP contribution in [0.1, 0.15) is 30.6 Å². The van der Waals surface area contributed by atoms with E-state index < -0.39 is 10.0 Å². The first-order chi connectivity index (χ1) is 14.8. The zero-order valence-electron chi connectivity index (χ0n) is 17.0. The molecular formula is C22H22ClN3O4S. The maximum atomic E-state index is 12.4. The molecule has 162 valence electrons. The first-order valence-corrected chi connectivity index (χ1v) is 11.5. The van der Waals surface area contributed by atoms with E-state index in [0.717, 1.165) is 6.42 Å². The molecule has 0 spiro atoms. The van der Waals surface area contributed by atoms with Crippen LogP contribution >= 0.6 is 11.6 Å². The molecular weight excluding hydrogens is 438 g/mol. The van der Waals surface area contributed by atoms with Crippen molar-refractivity contribution in [3.63, 3.8) is 0 Å². The van der Waals surface area contributed by atoms with E-state index in [-0.39, 0.29) is 16.8 Å². The van der Waals surface area contributed by atoms with E-state index >= 15 is 0 Å². The third-order valence-corrected chi connectivity index (χ3v) is 6.09. The van der Waals surface area contributed by atoms with Crippen LogP contribution in [0.4, 0.5) is 5.69 Å². The molecule has 2 N–H and O–H groups in total. The van der Waals surface area contributed by atoms with Gasteiger partial charge in [0, 0.05) is 29.0 Å². The number of nitrogens with zero attached hydrogens (tertiary/aromatic N) is 1. The van der Waals surface area contributed by atoms with Crippen molar-refractivity contribution in [3.05, 3.63) is 77.4 Å². The number of pyridine rings is 1. The van der Waals surface area contributed by atoms with Crippen molar-refractivity contribution in [2.24, 2.45) is 0 Å². The number of benzene rings is 2. The first-order valence-electron chi connectivity index (χ1n) is 9.60. The fourth-order valence-electron chi connectivity index (χ4n) is 2.52. The Bertz CT molecular complexity index is 1130. The van der Waals surface area contributed by atoms with Crippen LogP contribution in [-0.4, -0.2) is 25.4 Å². The van der Waals surface area contributed by atoms with Gasteiger partial charge in [-0.3, -0.25) is 9.52 Å². The van der Waals surface area contributed by atoms with Gasteiger partial charge in [0.2, 0.25) is 5.88 Å². The fourth-order valence-corrected chi connectivity index (χ4v) is 3.71. The first kappa shape index (κ1) is 22.6. The molecule has 0 radical (unpaired) electrons. The maximum Gasteiger partial charge on any atom is 0.261 e. The number of hydrogen-bond donors (Lipinski definition) is 2. The summed E-state index contributed by atoms with van der Waals surface area (Å²) >= 11 is 5.80. The van der Waals surface area contributed by atoms with E-state index in [4.69, 9.17) is 16.3 Å². The largest absolute Gasteiger partial charge is 0.439 e. The molecule has 0 aliphatic carbocycles. The lowest BCUT2D eigenvalue weighted by Crippen LogP contribution is -2.31. The molecule has 1 unspecified atom stereocenters. The van der Waals surface area contributed by atoms with Gasteiger partial charge in [0.1, 0.15) is 5.75 Å². The van der Waals surface area contributed by atoms with E-state index in [9.17, 15) is 13.2 Å². The molecule has 0 fully saturated rings. The highest BCUT2D eigenvalue weighted by atomic mass is 35.5. The predicted octanol–water partition coefficient (Wildman–Crippen LogP) is 4.86. The van der Waals surface area contributed by atoms with Crippen LogP contribution < -0.4 is 14.8 Å². The van der Waals surface area contributed by atoms with E-state index in [2.05, 4.69) is 15.0 Å². The quantitative estimate of drug-likeness (QED) is 0.501. The van der Waals surface area contributed by atoms with E-state index in [1.807, 2.05) is 13.8 Å². The highest BCUT2D eigenvalue weighted by Crippen LogP contribution is 2.23. The van der Waals surface area contributed by atoms with Gasteiger partial charge >= 0.3 is 0 Å². The van der Waals surface area contributed by atoms with Crippen molar-refractivity contribution >= 4 is 33.2 Å². The number of sulfonamides is 1. The minimum absolute atomic E-state index is 0.0825. The average Bonchev–Trinajstić information content (AvgIpc) is 2.75. The van der Waals surface area contributed by atoms with Crippen molar-refractivity contribution in [2.75, 3.05) is 4.72 Å². The third kappa shape index (κ3) is 6.19. The van der Waals surface area contributed by atoms with Gasteiger partial charge in [-0.15, -0.1) is 0 Å². The molecule has 7 nitrogen and oxygen atoms in total. The number of hydrogen-bond acceptors (Lipinski definition) is 5. The SMILES string of the molecule is CCC(C)NC(=O)c1ccc(Oc2ccc(NS(=O)(=O)c3ccc(Cl)cc3)cc2)nc1. The number of halogens is 1. The Hall–Kier alpha value is -3.10. The van der Waals surface area contributed by atoms with Crippen LogP contribution in [-0.2, 0) is 10.0 Å². The molecule has 31 heavy (non-hydrogen) atoms. The van der Waals surface area contributed by atoms with Crippen molar-refractivity contribution < 1.29 is 17.9 Å². The molecule has 0 aliphatic heterocycles. The Morgan fingerprint density at radius 2 is 1.74 bits per heavy atom. The molecule has 1 heterocycles. The summed E-state index contributed by atoms with van der Waals surface area (Å²) in [5, 5.41) is 3.33. The fraction of sp³-hybridized carbons (Fsp3) is 0.182. The molecule has 1 atom stereocenters. The van der Waals surface area contributed by atoms with Crippen LogP contribution in [0, 0.1) is 0 Å². The second-order valence-corrected chi connectivity index (χ2v) is 8.97. The second kappa shape index (κ2) is 9.80. The Balaban J connectivity index is 1.63. The number of carbonyl (C=O) groups is 1. The number of nitrogens with one attached hydrogen (secondary N) is 2. The van der Waals surface area contributed by atoms with Gasteiger partial charge in [-0.1, -0.05) is 18.5 Å². The minimum atomic E-state index is -3.73. The van der Waals surface area contributed by atoms with Crippen molar-refractivity contribution in [2.45, 2.75) is 31.2 Å². The van der Waals surface area contributed by atoms with Crippen molar-refractivity contribution in [3.8, 4) is 11.6 Å². The number of ether oxygens (including phenoxy) is 1. The molecule has 3 rings (SSSR count). The average molecular weight is 460 g/mol. The van der Waals surface area contributed by atoms with Gasteiger partial charge < -0.3 is 10.1 Å². The summed E-state index contributed by atoms with van der Waals surface area (Å²) in [5.74, 6) is 0.596. The molecule has 9 heteroatoms. The predicted molar refractivity (Wildman–Crippen MR) is 120 cm³/mol. The van der Waals surface area contributed by atoms with Crippen LogP contribution in [0.25, 0.3) is 0 Å². The number of aromatic nitrogens is 1. The van der Waals surface area contributed by atoms with Gasteiger partial charge in [-0.25, -0.2) is 13.4 Å². The lowest BCUT2D eigenvalue weighted by Gasteiger charge is -2.11. The lowest BCUT2D eigenvalue weighted by molar-refractivity contribution is 0.0939. The molecule has 0 saturated heterocycles. The van der Waals surface area contributed by atoms with E-state index in [0.29, 0.717) is 27.9 Å². The summed E-state index contributed by atoms with van der Waals surface area (Å²) in [6.07, 6.45) is 2.29. The molecule has 3 aromatic rings. The number of carbonyl (C=O) groups excluding carboxylic acids is 1. The highest BCUT2D eigenvalue weighted by molar-refractivity contribution is 7.92. The number of anilines is 1. The maximum absolute atomic E-state index is 12.4. The van der Waals surface area contributed by atoms with Gasteiger partial charge in [0.15, 0.2) is 0 Å². The smallest absolute Gasteiger partial charge is 0.261 e. The normalized spacial score (nSPS) is 12.1. The Labute approximate surface area is 186 Å². The Morgan fingerprint density at radius 1 is 1.06 bits per heavy atom. The second-order valence-electron chi connectivity index (χ2n) is 6.85. The van der Waals surface area contributed by atoms with Crippen molar-refractivity contribution in [1.29, 1.82) is 0 Å². The van der Waals surface area contributed by atoms with Crippen molar-refractivity contribution in [1.82, 2.24) is 10.3 Å². The van der Waals surface area contributed by atoms with Crippen LogP contribution in [0.5, 0.6) is 11.6 Å². The molecule has 0 saturated carbocycles. The summed E-state index contributed by atoms with van der Waals surface area (Å²) in [6.45, 7) is 3.93. The number of rotatable bonds is 8. The summed E-state index contributed by atoms with van der Waals surface area (Å²) < 4.78 is 33.0. The summed E-state index contributed by atoms with van der Waals surface area (Å²) in [4.78, 5) is 16.4. The topological polar surface area (TPSA) is 97.4 Å². The van der Waals surface area contributed by atoms with Gasteiger partial charge in [0.25, 0.3) is 15.9 Å². The monoisotopic (exact) mass is 459 g/mol. The standard InChI is InChI=1S/C22H22ClN3O4S/c1-3-15(2)25-22(27)16-4-13-21(24-14-16)30-19-9-7-18(8-10-19)26-31(28,29)20-11-5-17(23)6-12-20/h4-15,26H,3H2,1-2H3,(H,25,27). The summed E-state index contributed by atoms with van der Waals surface area (Å²) in [5.41, 5.74) is 0.826. The van der Waals surface area contributed by atoms with Crippen LogP contribution in [0.3, 0.4) is 0 Å². The summed E-state index contributed by atoms with van der Waals surface area (Å²) in [7, 11) is -3.73. The zero-order valence-corrected chi connectivity index (χ0v) is 18.6. The summed E-state index contributed by atoms with van der Waals surface area (Å²) in [6, 6.07) is 15.6. The molecule has 2 aromatic carbocycles. The lowest BCUT2D eigenvalue weighted by atomic mass is 10.2. The number of amides is 1. The van der Waals surface area contributed by atoms with Crippen LogP contribution in [0.15, 0.2) is 71.8 Å². The molecule has 0 bridgehead atoms.